The fourth-order valence-electron chi connectivity index (χ4n) is 3.00. The summed E-state index contributed by atoms with van der Waals surface area (Å²) in [5.74, 6) is 2.86. The molecule has 0 spiro atoms. The number of hydrogen-bond acceptors (Lipinski definition) is 6. The molecule has 0 unspecified atom stereocenters. The largest absolute Gasteiger partial charge is 0.490 e. The maximum absolute atomic E-state index is 5.64. The van der Waals surface area contributed by atoms with E-state index in [1.165, 1.54) is 0 Å². The van der Waals surface area contributed by atoms with Crippen molar-refractivity contribution in [3.8, 4) is 11.6 Å². The molecule has 4 aromatic rings. The topological polar surface area (TPSA) is 98.0 Å². The minimum absolute atomic E-state index is 0.424. The van der Waals surface area contributed by atoms with Crippen LogP contribution >= 0.6 is 0 Å². The highest BCUT2D eigenvalue weighted by Crippen LogP contribution is 2.10. The van der Waals surface area contributed by atoms with Crippen molar-refractivity contribution in [1.29, 1.82) is 0 Å². The van der Waals surface area contributed by atoms with Crippen molar-refractivity contribution in [2.75, 3.05) is 20.3 Å². The van der Waals surface area contributed by atoms with Gasteiger partial charge in [0, 0.05) is 32.1 Å². The number of aromatic nitrogens is 4. The van der Waals surface area contributed by atoms with Gasteiger partial charge in [-0.1, -0.05) is 30.3 Å². The summed E-state index contributed by atoms with van der Waals surface area (Å²) in [6, 6.07) is 19.3. The first kappa shape index (κ1) is 21.1. The number of hydrogen-bond donors (Lipinski definition) is 2. The van der Waals surface area contributed by atoms with Crippen LogP contribution in [0.1, 0.15) is 11.4 Å². The molecule has 9 nitrogen and oxygen atoms in total. The van der Waals surface area contributed by atoms with Crippen molar-refractivity contribution in [2.45, 2.75) is 13.1 Å². The summed E-state index contributed by atoms with van der Waals surface area (Å²) in [4.78, 5) is 8.60. The summed E-state index contributed by atoms with van der Waals surface area (Å²) in [7, 11) is 1.73. The van der Waals surface area contributed by atoms with Crippen LogP contribution in [-0.4, -0.2) is 45.8 Å². The van der Waals surface area contributed by atoms with Gasteiger partial charge in [-0.25, -0.2) is 4.98 Å². The third-order valence-corrected chi connectivity index (χ3v) is 4.62. The summed E-state index contributed by atoms with van der Waals surface area (Å²) in [5.41, 5.74) is 1.82. The van der Waals surface area contributed by atoms with Crippen molar-refractivity contribution in [3.63, 3.8) is 0 Å². The average Bonchev–Trinajstić information content (AvgIpc) is 3.26. The maximum Gasteiger partial charge on any atom is 0.213 e. The summed E-state index contributed by atoms with van der Waals surface area (Å²) in [6.45, 7) is 1.96. The van der Waals surface area contributed by atoms with Gasteiger partial charge in [-0.05, 0) is 29.8 Å². The minimum atomic E-state index is 0.424. The first-order valence-electron chi connectivity index (χ1n) is 10.3. The quantitative estimate of drug-likeness (QED) is 0.239. The van der Waals surface area contributed by atoms with Gasteiger partial charge in [0.2, 0.25) is 5.88 Å². The van der Waals surface area contributed by atoms with Gasteiger partial charge in [0.15, 0.2) is 17.4 Å². The monoisotopic (exact) mass is 431 g/mol. The number of ether oxygens (including phenoxy) is 2. The third kappa shape index (κ3) is 5.72. The van der Waals surface area contributed by atoms with Crippen LogP contribution in [0.5, 0.6) is 11.6 Å². The van der Waals surface area contributed by atoms with Crippen LogP contribution < -0.4 is 20.1 Å². The summed E-state index contributed by atoms with van der Waals surface area (Å²) in [5, 5.41) is 14.9. The molecule has 3 aromatic heterocycles. The zero-order chi connectivity index (χ0) is 22.0. The Bertz CT molecular complexity index is 1140. The van der Waals surface area contributed by atoms with Crippen LogP contribution in [0.2, 0.25) is 0 Å². The van der Waals surface area contributed by atoms with Gasteiger partial charge in [-0.3, -0.25) is 9.39 Å². The first-order chi connectivity index (χ1) is 15.8. The molecule has 0 aliphatic carbocycles. The predicted octanol–water partition coefficient (Wildman–Crippen LogP) is 2.45. The molecule has 4 rings (SSSR count). The van der Waals surface area contributed by atoms with Crippen LogP contribution in [0.3, 0.4) is 0 Å². The normalized spacial score (nSPS) is 11.3. The average molecular weight is 432 g/mol. The Balaban J connectivity index is 1.19. The van der Waals surface area contributed by atoms with Gasteiger partial charge >= 0.3 is 0 Å². The van der Waals surface area contributed by atoms with E-state index in [1.807, 2.05) is 71.3 Å². The first-order valence-corrected chi connectivity index (χ1v) is 10.3. The molecule has 0 fully saturated rings. The van der Waals surface area contributed by atoms with Crippen LogP contribution in [0.25, 0.3) is 5.65 Å². The summed E-state index contributed by atoms with van der Waals surface area (Å²) < 4.78 is 13.2. The lowest BCUT2D eigenvalue weighted by atomic mass is 10.3. The van der Waals surface area contributed by atoms with E-state index in [9.17, 15) is 0 Å². The SMILES string of the molecule is CN=C(NCc1ccc(OCCOc2ccccc2)nc1)NCc1nnc2ccccn12. The highest BCUT2D eigenvalue weighted by molar-refractivity contribution is 5.79. The van der Waals surface area contributed by atoms with E-state index < -0.39 is 0 Å². The lowest BCUT2D eigenvalue weighted by Crippen LogP contribution is -2.36. The number of pyridine rings is 2. The Hall–Kier alpha value is -4.14. The van der Waals surface area contributed by atoms with E-state index >= 15 is 0 Å². The molecular formula is C23H25N7O2. The molecule has 9 heteroatoms. The molecule has 32 heavy (non-hydrogen) atoms. The molecule has 0 atom stereocenters. The van der Waals surface area contributed by atoms with E-state index in [1.54, 1.807) is 13.2 Å². The Kier molecular flexibility index (Phi) is 7.10. The molecule has 0 bridgehead atoms. The molecule has 1 aromatic carbocycles. The van der Waals surface area contributed by atoms with Crippen molar-refractivity contribution >= 4 is 11.6 Å². The Morgan fingerprint density at radius 1 is 0.906 bits per heavy atom. The lowest BCUT2D eigenvalue weighted by Gasteiger charge is -2.12. The Labute approximate surface area is 186 Å². The molecule has 0 aliphatic heterocycles. The van der Waals surface area contributed by atoms with Gasteiger partial charge in [-0.2, -0.15) is 0 Å². The second-order valence-corrected chi connectivity index (χ2v) is 6.84. The van der Waals surface area contributed by atoms with Crippen molar-refractivity contribution in [3.05, 3.63) is 84.4 Å². The highest BCUT2D eigenvalue weighted by Gasteiger charge is 2.06. The minimum Gasteiger partial charge on any atom is -0.490 e. The number of benzene rings is 1. The van der Waals surface area contributed by atoms with Crippen molar-refractivity contribution < 1.29 is 9.47 Å². The van der Waals surface area contributed by atoms with E-state index in [0.717, 1.165) is 22.8 Å². The van der Waals surface area contributed by atoms with Gasteiger partial charge in [-0.15, -0.1) is 10.2 Å². The van der Waals surface area contributed by atoms with Crippen LogP contribution in [-0.2, 0) is 13.1 Å². The third-order valence-electron chi connectivity index (χ3n) is 4.62. The fourth-order valence-corrected chi connectivity index (χ4v) is 3.00. The molecule has 0 radical (unpaired) electrons. The number of guanidine groups is 1. The molecule has 0 saturated carbocycles. The lowest BCUT2D eigenvalue weighted by molar-refractivity contribution is 0.212. The molecule has 0 aliphatic rings. The molecule has 2 N–H and O–H groups in total. The number of para-hydroxylation sites is 1. The zero-order valence-corrected chi connectivity index (χ0v) is 17.8. The Morgan fingerprint density at radius 2 is 1.72 bits per heavy atom. The highest BCUT2D eigenvalue weighted by atomic mass is 16.5. The number of rotatable bonds is 9. The number of fused-ring (bicyclic) bond motifs is 1. The van der Waals surface area contributed by atoms with Gasteiger partial charge in [0.1, 0.15) is 19.0 Å². The second-order valence-electron chi connectivity index (χ2n) is 6.84. The van der Waals surface area contributed by atoms with E-state index in [2.05, 4.69) is 30.8 Å². The molecule has 164 valence electrons. The van der Waals surface area contributed by atoms with Crippen LogP contribution in [0, 0.1) is 0 Å². The number of nitrogens with one attached hydrogen (secondary N) is 2. The van der Waals surface area contributed by atoms with Crippen molar-refractivity contribution in [1.82, 2.24) is 30.2 Å². The van der Waals surface area contributed by atoms with E-state index in [-0.39, 0.29) is 0 Å². The zero-order valence-electron chi connectivity index (χ0n) is 17.8. The number of nitrogens with zero attached hydrogens (tertiary/aromatic N) is 5. The molecule has 0 amide bonds. The smallest absolute Gasteiger partial charge is 0.213 e. The second kappa shape index (κ2) is 10.8. The summed E-state index contributed by atoms with van der Waals surface area (Å²) in [6.07, 6.45) is 3.71. The standard InChI is InChI=1S/C23H25N7O2/c1-24-23(27-17-21-29-28-20-9-5-6-12-30(20)21)26-16-18-10-11-22(25-15-18)32-14-13-31-19-7-3-2-4-8-19/h2-12,15H,13-14,16-17H2,1H3,(H2,24,26,27). The van der Waals surface area contributed by atoms with Gasteiger partial charge in [0.25, 0.3) is 0 Å². The fraction of sp³-hybridized carbons (Fsp3) is 0.217. The molecular weight excluding hydrogens is 406 g/mol. The van der Waals surface area contributed by atoms with Gasteiger partial charge in [0.05, 0.1) is 6.54 Å². The van der Waals surface area contributed by atoms with E-state index in [4.69, 9.17) is 9.47 Å². The molecule has 0 saturated heterocycles. The Morgan fingerprint density at radius 3 is 2.53 bits per heavy atom. The number of aliphatic imine (C=N–C) groups is 1. The van der Waals surface area contributed by atoms with Crippen LogP contribution in [0.4, 0.5) is 0 Å². The summed E-state index contributed by atoms with van der Waals surface area (Å²) >= 11 is 0. The van der Waals surface area contributed by atoms with Crippen molar-refractivity contribution in [2.24, 2.45) is 4.99 Å². The predicted molar refractivity (Wildman–Crippen MR) is 122 cm³/mol. The molecule has 3 heterocycles. The van der Waals surface area contributed by atoms with Crippen LogP contribution in [0.15, 0.2) is 78.0 Å². The van der Waals surface area contributed by atoms with Gasteiger partial charge < -0.3 is 20.1 Å². The van der Waals surface area contributed by atoms with E-state index in [0.29, 0.717) is 38.1 Å². The maximum atomic E-state index is 5.64.